The van der Waals surface area contributed by atoms with Crippen molar-refractivity contribution in [1.29, 1.82) is 0 Å². The first-order chi connectivity index (χ1) is 24.8. The third-order valence-corrected chi connectivity index (χ3v) is 11.3. The van der Waals surface area contributed by atoms with E-state index in [1.807, 2.05) is 0 Å². The Hall–Kier alpha value is -4.77. The molecule has 0 radical (unpaired) electrons. The zero-order valence-corrected chi connectivity index (χ0v) is 29.7. The van der Waals surface area contributed by atoms with Crippen LogP contribution in [0.1, 0.15) is 59.3 Å². The number of anilines is 3. The lowest BCUT2D eigenvalue weighted by Gasteiger charge is -2.39. The van der Waals surface area contributed by atoms with E-state index in [0.29, 0.717) is 24.3 Å². The number of amides is 4. The van der Waals surface area contributed by atoms with Crippen molar-refractivity contribution in [3.8, 4) is 6.01 Å². The summed E-state index contributed by atoms with van der Waals surface area (Å²) in [7, 11) is 0. The van der Waals surface area contributed by atoms with E-state index in [0.717, 1.165) is 56.2 Å². The quantitative estimate of drug-likeness (QED) is 0.229. The Labute approximate surface area is 300 Å². The topological polar surface area (TPSA) is 142 Å². The molecule has 4 amide bonds. The summed E-state index contributed by atoms with van der Waals surface area (Å²) in [4.78, 5) is 57.2. The van der Waals surface area contributed by atoms with E-state index in [-0.39, 0.29) is 56.8 Å². The Bertz CT molecular complexity index is 2130. The average molecular weight is 739 g/mol. The normalized spacial score (nSPS) is 21.5. The number of nitrogens with zero attached hydrogens (tertiary/aromatic N) is 6. The summed E-state index contributed by atoms with van der Waals surface area (Å²) in [5.74, 6) is -3.42. The van der Waals surface area contributed by atoms with Crippen molar-refractivity contribution < 1.29 is 37.0 Å². The Morgan fingerprint density at radius 1 is 1.02 bits per heavy atom. The van der Waals surface area contributed by atoms with E-state index in [2.05, 4.69) is 30.5 Å². The molecule has 1 atom stereocenters. The number of aromatic nitrogens is 3. The molecule has 4 saturated heterocycles. The second kappa shape index (κ2) is 12.4. The maximum absolute atomic E-state index is 17.2. The molecule has 0 aliphatic carbocycles. The number of urea groups is 1. The highest BCUT2D eigenvalue weighted by Gasteiger charge is 2.50. The Balaban J connectivity index is 1.28. The van der Waals surface area contributed by atoms with Crippen LogP contribution in [0.25, 0.3) is 21.1 Å². The number of piperidine rings is 1. The monoisotopic (exact) mass is 738 g/mol. The summed E-state index contributed by atoms with van der Waals surface area (Å²) in [6, 6.07) is 4.41. The van der Waals surface area contributed by atoms with Gasteiger partial charge in [-0.1, -0.05) is 17.4 Å². The predicted octanol–water partition coefficient (Wildman–Crippen LogP) is 5.92. The van der Waals surface area contributed by atoms with Crippen LogP contribution in [-0.2, 0) is 9.53 Å². The number of carbonyl (C=O) groups is 3. The molecule has 0 bridgehead atoms. The first-order valence-electron chi connectivity index (χ1n) is 17.3. The van der Waals surface area contributed by atoms with E-state index < -0.39 is 52.3 Å². The van der Waals surface area contributed by atoms with Crippen molar-refractivity contribution in [3.05, 3.63) is 41.7 Å². The fraction of sp³-hybridized carbons (Fsp3) is 0.486. The first-order valence-corrected chi connectivity index (χ1v) is 18.1. The largest absolute Gasteiger partial charge is 0.461 e. The standard InChI is InChI=1S/C35H37F3N8O5S/c1-33(2,3)51-32(49)46(31-39-22-9-4-8-20(36)26(22)52-31)25-21(37)16-19-24(23(25)38)40-30(50-18-34-10-5-14-45(34)15-6-11-34)41-27(19)44-13-7-12-35(17-44)28(47)42-29(48)43-35/h4,8-9,16H,5-7,10-15,17-18H2,1-3H3,(H2,42,43,47,48). The van der Waals surface area contributed by atoms with Crippen LogP contribution in [-0.4, -0.2) is 87.3 Å². The van der Waals surface area contributed by atoms with Gasteiger partial charge < -0.3 is 19.7 Å². The Morgan fingerprint density at radius 3 is 2.46 bits per heavy atom. The minimum absolute atomic E-state index is 0.0276. The van der Waals surface area contributed by atoms with Crippen LogP contribution in [0.3, 0.4) is 0 Å². The van der Waals surface area contributed by atoms with E-state index >= 15 is 8.78 Å². The van der Waals surface area contributed by atoms with Crippen molar-refractivity contribution in [2.75, 3.05) is 42.6 Å². The van der Waals surface area contributed by atoms with Gasteiger partial charge in [-0.15, -0.1) is 0 Å². The van der Waals surface area contributed by atoms with Gasteiger partial charge in [0.15, 0.2) is 11.6 Å². The summed E-state index contributed by atoms with van der Waals surface area (Å²) < 4.78 is 60.5. The summed E-state index contributed by atoms with van der Waals surface area (Å²) in [6.07, 6.45) is 3.55. The molecule has 4 aromatic rings. The Kier molecular flexibility index (Phi) is 8.20. The van der Waals surface area contributed by atoms with Gasteiger partial charge >= 0.3 is 18.1 Å². The van der Waals surface area contributed by atoms with Gasteiger partial charge in [0, 0.05) is 11.9 Å². The van der Waals surface area contributed by atoms with Crippen LogP contribution >= 0.6 is 11.3 Å². The lowest BCUT2D eigenvalue weighted by atomic mass is 9.89. The number of carbonyl (C=O) groups excluding carboxylic acids is 3. The number of benzene rings is 2. The van der Waals surface area contributed by atoms with Gasteiger partial charge in [-0.25, -0.2) is 32.6 Å². The lowest BCUT2D eigenvalue weighted by Crippen LogP contribution is -2.58. The van der Waals surface area contributed by atoms with Crippen molar-refractivity contribution >= 4 is 67.1 Å². The number of thiazole rings is 1. The SMILES string of the molecule is CC(C)(C)OC(=O)N(c1nc2cccc(F)c2s1)c1c(F)cc2c(N3CCCC4(C3)NC(=O)NC4=O)nc(OCC34CCCN3CCC4)nc2c1F. The molecule has 2 aromatic carbocycles. The molecular formula is C35H37F3N8O5S. The maximum Gasteiger partial charge on any atom is 0.421 e. The molecule has 52 heavy (non-hydrogen) atoms. The molecule has 1 unspecified atom stereocenters. The Morgan fingerprint density at radius 2 is 1.77 bits per heavy atom. The molecule has 6 heterocycles. The first kappa shape index (κ1) is 34.3. The zero-order chi connectivity index (χ0) is 36.6. The van der Waals surface area contributed by atoms with Crippen LogP contribution in [0.5, 0.6) is 6.01 Å². The minimum atomic E-state index is -1.27. The molecule has 17 heteroatoms. The fourth-order valence-corrected chi connectivity index (χ4v) is 8.91. The second-order valence-corrected chi connectivity index (χ2v) is 15.8. The molecule has 13 nitrogen and oxygen atoms in total. The third kappa shape index (κ3) is 5.83. The fourth-order valence-electron chi connectivity index (χ4n) is 7.94. The number of hydrogen-bond donors (Lipinski definition) is 2. The smallest absolute Gasteiger partial charge is 0.421 e. The van der Waals surface area contributed by atoms with Gasteiger partial charge in [0.1, 0.15) is 40.6 Å². The summed E-state index contributed by atoms with van der Waals surface area (Å²) in [5, 5.41) is 4.74. The molecule has 2 aromatic heterocycles. The number of rotatable bonds is 6. The summed E-state index contributed by atoms with van der Waals surface area (Å²) in [5.41, 5.74) is -3.55. The van der Waals surface area contributed by atoms with Gasteiger partial charge in [-0.05, 0) is 90.6 Å². The van der Waals surface area contributed by atoms with Gasteiger partial charge in [0.05, 0.1) is 22.3 Å². The highest BCUT2D eigenvalue weighted by atomic mass is 32.1. The molecule has 1 spiro atoms. The highest BCUT2D eigenvalue weighted by Crippen LogP contribution is 2.43. The molecular weight excluding hydrogens is 701 g/mol. The van der Waals surface area contributed by atoms with Crippen LogP contribution in [0.2, 0.25) is 0 Å². The number of imide groups is 1. The average Bonchev–Trinajstić information content (AvgIpc) is 3.84. The molecule has 8 rings (SSSR count). The van der Waals surface area contributed by atoms with Gasteiger partial charge in [-0.2, -0.15) is 9.97 Å². The van der Waals surface area contributed by atoms with Gasteiger partial charge in [-0.3, -0.25) is 15.0 Å². The van der Waals surface area contributed by atoms with E-state index in [9.17, 15) is 18.8 Å². The predicted molar refractivity (Wildman–Crippen MR) is 187 cm³/mol. The molecule has 0 saturated carbocycles. The van der Waals surface area contributed by atoms with E-state index in [1.165, 1.54) is 18.2 Å². The molecule has 4 aliphatic rings. The molecule has 274 valence electrons. The number of halogens is 3. The number of hydrogen-bond acceptors (Lipinski definition) is 11. The van der Waals surface area contributed by atoms with Crippen molar-refractivity contribution in [2.45, 2.75) is 76.0 Å². The number of nitrogens with one attached hydrogen (secondary N) is 2. The molecule has 4 fully saturated rings. The third-order valence-electron chi connectivity index (χ3n) is 10.3. The van der Waals surface area contributed by atoms with Crippen molar-refractivity contribution in [2.24, 2.45) is 0 Å². The highest BCUT2D eigenvalue weighted by molar-refractivity contribution is 7.22. The number of fused-ring (bicyclic) bond motifs is 3. The summed E-state index contributed by atoms with van der Waals surface area (Å²) >= 11 is 0.737. The summed E-state index contributed by atoms with van der Waals surface area (Å²) in [6.45, 7) is 7.27. The maximum atomic E-state index is 17.2. The van der Waals surface area contributed by atoms with Crippen molar-refractivity contribution in [1.82, 2.24) is 30.5 Å². The minimum Gasteiger partial charge on any atom is -0.461 e. The van der Waals surface area contributed by atoms with Crippen LogP contribution in [0.15, 0.2) is 24.3 Å². The number of ether oxygens (including phenoxy) is 2. The van der Waals surface area contributed by atoms with E-state index in [4.69, 9.17) is 9.47 Å². The van der Waals surface area contributed by atoms with Gasteiger partial charge in [0.2, 0.25) is 5.13 Å². The molecule has 2 N–H and O–H groups in total. The van der Waals surface area contributed by atoms with E-state index in [1.54, 1.807) is 25.7 Å². The van der Waals surface area contributed by atoms with Crippen molar-refractivity contribution in [3.63, 3.8) is 0 Å². The van der Waals surface area contributed by atoms with Gasteiger partial charge in [0.25, 0.3) is 5.91 Å². The van der Waals surface area contributed by atoms with Crippen LogP contribution < -0.4 is 25.2 Å². The van der Waals surface area contributed by atoms with Crippen LogP contribution in [0, 0.1) is 17.5 Å². The second-order valence-electron chi connectivity index (χ2n) is 14.9. The molecule has 4 aliphatic heterocycles. The zero-order valence-electron chi connectivity index (χ0n) is 28.9. The lowest BCUT2D eigenvalue weighted by molar-refractivity contribution is -0.124. The van der Waals surface area contributed by atoms with Crippen LogP contribution in [0.4, 0.5) is 39.4 Å².